The van der Waals surface area contributed by atoms with E-state index in [0.29, 0.717) is 0 Å². The molecule has 0 heterocycles. The molecule has 10 heavy (non-hydrogen) atoms. The molecule has 0 amide bonds. The Bertz CT molecular complexity index is 71.1. The minimum Gasteiger partial charge on any atom is -0.420 e. The first-order valence-electron chi connectivity index (χ1n) is 4.29. The minimum absolute atomic E-state index is 1.22. The third kappa shape index (κ3) is 2.43. The third-order valence-electron chi connectivity index (χ3n) is 2.43. The molecular formula is C8H20OSi. The zero-order chi connectivity index (χ0) is 8.04. The van der Waals surface area contributed by atoms with E-state index in [2.05, 4.69) is 20.8 Å². The third-order valence-corrected chi connectivity index (χ3v) is 7.28. The zero-order valence-corrected chi connectivity index (χ0v) is 8.74. The highest BCUT2D eigenvalue weighted by molar-refractivity contribution is 6.73. The molecule has 0 aliphatic rings. The average molecular weight is 160 g/mol. The summed E-state index contributed by atoms with van der Waals surface area (Å²) >= 11 is 0. The van der Waals surface area contributed by atoms with Crippen LogP contribution in [0.15, 0.2) is 0 Å². The van der Waals surface area contributed by atoms with Crippen LogP contribution in [0.4, 0.5) is 0 Å². The normalized spacial score (nSPS) is 12.0. The molecule has 0 radical (unpaired) electrons. The van der Waals surface area contributed by atoms with Crippen LogP contribution < -0.4 is 0 Å². The second kappa shape index (κ2) is 4.91. The molecule has 0 N–H and O–H groups in total. The predicted octanol–water partition coefficient (Wildman–Crippen LogP) is 3.03. The summed E-state index contributed by atoms with van der Waals surface area (Å²) in [7, 11) is 0.666. The van der Waals surface area contributed by atoms with E-state index in [0.717, 1.165) is 0 Å². The van der Waals surface area contributed by atoms with Gasteiger partial charge in [-0.2, -0.15) is 0 Å². The highest BCUT2D eigenvalue weighted by Gasteiger charge is 2.27. The summed E-state index contributed by atoms with van der Waals surface area (Å²) in [6.45, 7) is 6.76. The predicted molar refractivity (Wildman–Crippen MR) is 48.8 cm³/mol. The van der Waals surface area contributed by atoms with Gasteiger partial charge < -0.3 is 4.43 Å². The lowest BCUT2D eigenvalue weighted by Crippen LogP contribution is -2.34. The van der Waals surface area contributed by atoms with Crippen molar-refractivity contribution in [3.8, 4) is 0 Å². The van der Waals surface area contributed by atoms with Gasteiger partial charge in [0.25, 0.3) is 0 Å². The van der Waals surface area contributed by atoms with Crippen LogP contribution in [0.25, 0.3) is 0 Å². The molecule has 0 rings (SSSR count). The molecule has 0 saturated carbocycles. The topological polar surface area (TPSA) is 9.23 Å². The van der Waals surface area contributed by atoms with Gasteiger partial charge in [-0.05, 0) is 18.1 Å². The fourth-order valence-corrected chi connectivity index (χ4v) is 4.35. The Morgan fingerprint density at radius 2 is 1.60 bits per heavy atom. The van der Waals surface area contributed by atoms with E-state index in [1.165, 1.54) is 24.6 Å². The molecule has 1 nitrogen and oxygen atoms in total. The van der Waals surface area contributed by atoms with Crippen molar-refractivity contribution < 1.29 is 4.43 Å². The fourth-order valence-electron chi connectivity index (χ4n) is 1.45. The first kappa shape index (κ1) is 10.2. The summed E-state index contributed by atoms with van der Waals surface area (Å²) in [5.41, 5.74) is 0. The van der Waals surface area contributed by atoms with E-state index in [4.69, 9.17) is 4.43 Å². The van der Waals surface area contributed by atoms with Crippen LogP contribution in [0.5, 0.6) is 0 Å². The Morgan fingerprint density at radius 3 is 1.70 bits per heavy atom. The Hall–Kier alpha value is 0.177. The van der Waals surface area contributed by atoms with Crippen LogP contribution in [0.2, 0.25) is 18.1 Å². The standard InChI is InChI=1S/C8H20OSi/c1-5-8-10(6-2,7-3)9-4/h5-8H2,1-4H3. The summed E-state index contributed by atoms with van der Waals surface area (Å²) in [6.07, 6.45) is 1.28. The molecule has 0 atom stereocenters. The summed E-state index contributed by atoms with van der Waals surface area (Å²) < 4.78 is 5.62. The second-order valence-electron chi connectivity index (χ2n) is 2.84. The SMILES string of the molecule is CCC[Si](CC)(CC)OC. The maximum Gasteiger partial charge on any atom is 0.191 e. The van der Waals surface area contributed by atoms with Crippen molar-refractivity contribution in [1.82, 2.24) is 0 Å². The van der Waals surface area contributed by atoms with Gasteiger partial charge in [0.2, 0.25) is 0 Å². The number of hydrogen-bond donors (Lipinski definition) is 0. The lowest BCUT2D eigenvalue weighted by atomic mass is 10.6. The average Bonchev–Trinajstić information content (AvgIpc) is 2.01. The van der Waals surface area contributed by atoms with Crippen molar-refractivity contribution in [3.63, 3.8) is 0 Å². The molecule has 0 aromatic heterocycles. The first-order chi connectivity index (χ1) is 4.74. The van der Waals surface area contributed by atoms with Crippen LogP contribution in [0.1, 0.15) is 27.2 Å². The highest BCUT2D eigenvalue weighted by Crippen LogP contribution is 2.22. The van der Waals surface area contributed by atoms with Crippen molar-refractivity contribution in [1.29, 1.82) is 0 Å². The Morgan fingerprint density at radius 1 is 1.10 bits per heavy atom. The number of rotatable bonds is 5. The second-order valence-corrected chi connectivity index (χ2v) is 7.53. The summed E-state index contributed by atoms with van der Waals surface area (Å²) in [5, 5.41) is 0. The molecule has 62 valence electrons. The molecular weight excluding hydrogens is 140 g/mol. The van der Waals surface area contributed by atoms with Gasteiger partial charge in [0, 0.05) is 7.11 Å². The molecule has 0 aromatic carbocycles. The van der Waals surface area contributed by atoms with Crippen molar-refractivity contribution in [2.75, 3.05) is 7.11 Å². The molecule has 0 aliphatic heterocycles. The van der Waals surface area contributed by atoms with Crippen LogP contribution >= 0.6 is 0 Å². The van der Waals surface area contributed by atoms with Crippen molar-refractivity contribution in [2.45, 2.75) is 45.3 Å². The monoisotopic (exact) mass is 160 g/mol. The van der Waals surface area contributed by atoms with E-state index in [1.54, 1.807) is 0 Å². The van der Waals surface area contributed by atoms with E-state index < -0.39 is 8.32 Å². The van der Waals surface area contributed by atoms with Gasteiger partial charge in [-0.1, -0.05) is 27.2 Å². The fraction of sp³-hybridized carbons (Fsp3) is 1.00. The lowest BCUT2D eigenvalue weighted by molar-refractivity contribution is 0.391. The van der Waals surface area contributed by atoms with Crippen LogP contribution in [0.3, 0.4) is 0 Å². The van der Waals surface area contributed by atoms with Crippen molar-refractivity contribution in [3.05, 3.63) is 0 Å². The minimum atomic E-state index is -1.22. The van der Waals surface area contributed by atoms with Gasteiger partial charge in [-0.15, -0.1) is 0 Å². The van der Waals surface area contributed by atoms with Gasteiger partial charge in [0.1, 0.15) is 0 Å². The maximum atomic E-state index is 5.62. The number of hydrogen-bond acceptors (Lipinski definition) is 1. The molecule has 0 aromatic rings. The quantitative estimate of drug-likeness (QED) is 0.562. The van der Waals surface area contributed by atoms with Gasteiger partial charge in [0.05, 0.1) is 0 Å². The largest absolute Gasteiger partial charge is 0.420 e. The van der Waals surface area contributed by atoms with Gasteiger partial charge in [0.15, 0.2) is 8.32 Å². The Labute approximate surface area is 65.9 Å². The molecule has 0 saturated heterocycles. The summed E-state index contributed by atoms with van der Waals surface area (Å²) in [4.78, 5) is 0. The molecule has 0 spiro atoms. The Kier molecular flexibility index (Phi) is 5.00. The van der Waals surface area contributed by atoms with E-state index in [-0.39, 0.29) is 0 Å². The van der Waals surface area contributed by atoms with Crippen LogP contribution in [0, 0.1) is 0 Å². The first-order valence-corrected chi connectivity index (χ1v) is 6.82. The van der Waals surface area contributed by atoms with E-state index in [1.807, 2.05) is 7.11 Å². The summed E-state index contributed by atoms with van der Waals surface area (Å²) in [5.74, 6) is 0. The zero-order valence-electron chi connectivity index (χ0n) is 7.74. The van der Waals surface area contributed by atoms with Crippen LogP contribution in [-0.4, -0.2) is 15.4 Å². The molecule has 0 unspecified atom stereocenters. The summed E-state index contributed by atoms with van der Waals surface area (Å²) in [6, 6.07) is 3.87. The molecule has 2 heteroatoms. The van der Waals surface area contributed by atoms with Gasteiger partial charge in [-0.3, -0.25) is 0 Å². The van der Waals surface area contributed by atoms with Crippen molar-refractivity contribution in [2.24, 2.45) is 0 Å². The Balaban J connectivity index is 3.87. The smallest absolute Gasteiger partial charge is 0.191 e. The molecule has 0 bridgehead atoms. The van der Waals surface area contributed by atoms with Crippen molar-refractivity contribution >= 4 is 8.32 Å². The molecule has 0 aliphatic carbocycles. The molecule has 0 fully saturated rings. The lowest BCUT2D eigenvalue weighted by Gasteiger charge is -2.26. The van der Waals surface area contributed by atoms with E-state index >= 15 is 0 Å². The highest BCUT2D eigenvalue weighted by atomic mass is 28.4. The van der Waals surface area contributed by atoms with Gasteiger partial charge >= 0.3 is 0 Å². The maximum absolute atomic E-state index is 5.62. The van der Waals surface area contributed by atoms with E-state index in [9.17, 15) is 0 Å². The van der Waals surface area contributed by atoms with Crippen LogP contribution in [-0.2, 0) is 4.43 Å². The van der Waals surface area contributed by atoms with Gasteiger partial charge in [-0.25, -0.2) is 0 Å².